The summed E-state index contributed by atoms with van der Waals surface area (Å²) >= 11 is 1.52. The van der Waals surface area contributed by atoms with Gasteiger partial charge in [0.1, 0.15) is 5.39 Å². The molecule has 1 aliphatic heterocycles. The summed E-state index contributed by atoms with van der Waals surface area (Å²) in [5.41, 5.74) is 2.49. The molecular formula is C23H26N6O2S. The summed E-state index contributed by atoms with van der Waals surface area (Å²) < 4.78 is 3.46. The molecule has 166 valence electrons. The average Bonchev–Trinajstić information content (AvgIpc) is 3.45. The first-order valence-corrected chi connectivity index (χ1v) is 11.8. The fourth-order valence-corrected chi connectivity index (χ4v) is 5.36. The number of amides is 1. The zero-order chi connectivity index (χ0) is 22.5. The van der Waals surface area contributed by atoms with E-state index in [1.165, 1.54) is 22.7 Å². The Hall–Kier alpha value is -3.07. The minimum Gasteiger partial charge on any atom is -0.361 e. The summed E-state index contributed by atoms with van der Waals surface area (Å²) in [6, 6.07) is 7.94. The second-order valence-corrected chi connectivity index (χ2v) is 10.1. The van der Waals surface area contributed by atoms with E-state index in [1.54, 1.807) is 15.4 Å². The predicted molar refractivity (Wildman–Crippen MR) is 126 cm³/mol. The zero-order valence-electron chi connectivity index (χ0n) is 18.4. The normalized spacial score (nSPS) is 16.0. The number of thioether (sulfide) groups is 1. The molecule has 4 heterocycles. The summed E-state index contributed by atoms with van der Waals surface area (Å²) in [5, 5.41) is 9.73. The maximum atomic E-state index is 13.2. The number of carbonyl (C=O) groups is 1. The van der Waals surface area contributed by atoms with Crippen LogP contribution in [0.2, 0.25) is 0 Å². The van der Waals surface area contributed by atoms with Crippen LogP contribution in [0.1, 0.15) is 38.8 Å². The number of fused-ring (bicyclic) bond motifs is 3. The number of rotatable bonds is 5. The third-order valence-corrected chi connectivity index (χ3v) is 6.92. The van der Waals surface area contributed by atoms with Gasteiger partial charge in [0.15, 0.2) is 10.8 Å². The molecule has 1 atom stereocenters. The predicted octanol–water partition coefficient (Wildman–Crippen LogP) is 3.23. The van der Waals surface area contributed by atoms with Crippen molar-refractivity contribution in [3.8, 4) is 0 Å². The van der Waals surface area contributed by atoms with Crippen LogP contribution in [0, 0.1) is 0 Å². The molecule has 0 saturated carbocycles. The van der Waals surface area contributed by atoms with Gasteiger partial charge >= 0.3 is 0 Å². The minimum atomic E-state index is -0.270. The quantitative estimate of drug-likeness (QED) is 0.455. The molecule has 0 fully saturated rings. The first-order valence-electron chi connectivity index (χ1n) is 10.8. The van der Waals surface area contributed by atoms with Crippen LogP contribution in [0.3, 0.4) is 0 Å². The maximum absolute atomic E-state index is 13.2. The lowest BCUT2D eigenvalue weighted by molar-refractivity contribution is -0.121. The number of benzene rings is 1. The maximum Gasteiger partial charge on any atom is 0.265 e. The molecule has 0 spiro atoms. The van der Waals surface area contributed by atoms with Crippen molar-refractivity contribution >= 4 is 39.6 Å². The second kappa shape index (κ2) is 7.81. The number of aromatic amines is 1. The molecule has 4 aromatic rings. The molecule has 1 unspecified atom stereocenters. The Balaban J connectivity index is 1.28. The number of nitrogens with one attached hydrogen (secondary N) is 2. The largest absolute Gasteiger partial charge is 0.361 e. The number of hydrogen-bond donors (Lipinski definition) is 2. The Morgan fingerprint density at radius 3 is 2.91 bits per heavy atom. The number of nitrogens with zero attached hydrogens (tertiary/aromatic N) is 4. The number of carbonyl (C=O) groups excluding carboxylic acids is 1. The summed E-state index contributed by atoms with van der Waals surface area (Å²) in [6.45, 7) is 6.64. The lowest BCUT2D eigenvalue weighted by Gasteiger charge is -2.20. The van der Waals surface area contributed by atoms with E-state index in [0.717, 1.165) is 11.9 Å². The molecule has 9 heteroatoms. The van der Waals surface area contributed by atoms with Crippen LogP contribution in [0.25, 0.3) is 21.9 Å². The van der Waals surface area contributed by atoms with Crippen molar-refractivity contribution in [1.82, 2.24) is 29.6 Å². The van der Waals surface area contributed by atoms with Crippen LogP contribution in [0.15, 0.2) is 46.6 Å². The standard InChI is InChI=1S/C23H26N6O2S/c1-23(2,3)29-20-17(12-26-29)21(31)28-15(13-32-22(28)27-20)10-19(30)24-9-8-14-11-25-18-7-5-4-6-16(14)18/h4-7,11-12,15,25H,8-10,13H2,1-3H3,(H,24,30). The molecule has 5 rings (SSSR count). The van der Waals surface area contributed by atoms with E-state index in [-0.39, 0.29) is 29.5 Å². The number of para-hydroxylation sites is 1. The fourth-order valence-electron chi connectivity index (χ4n) is 4.23. The van der Waals surface area contributed by atoms with Gasteiger partial charge in [0, 0.05) is 35.8 Å². The lowest BCUT2D eigenvalue weighted by atomic mass is 10.1. The van der Waals surface area contributed by atoms with Gasteiger partial charge in [0.05, 0.1) is 17.8 Å². The van der Waals surface area contributed by atoms with Crippen LogP contribution < -0.4 is 10.9 Å². The van der Waals surface area contributed by atoms with Gasteiger partial charge in [-0.25, -0.2) is 9.67 Å². The Morgan fingerprint density at radius 1 is 1.28 bits per heavy atom. The third kappa shape index (κ3) is 3.60. The first kappa shape index (κ1) is 20.8. The van der Waals surface area contributed by atoms with E-state index in [2.05, 4.69) is 21.5 Å². The van der Waals surface area contributed by atoms with Gasteiger partial charge in [-0.05, 0) is 38.8 Å². The Morgan fingerprint density at radius 2 is 2.09 bits per heavy atom. The molecule has 8 nitrogen and oxygen atoms in total. The molecule has 1 aliphatic rings. The van der Waals surface area contributed by atoms with Crippen LogP contribution in [-0.4, -0.2) is 42.5 Å². The monoisotopic (exact) mass is 450 g/mol. The highest BCUT2D eigenvalue weighted by Crippen LogP contribution is 2.33. The van der Waals surface area contributed by atoms with Crippen molar-refractivity contribution in [3.63, 3.8) is 0 Å². The van der Waals surface area contributed by atoms with Gasteiger partial charge in [-0.2, -0.15) is 5.10 Å². The molecule has 32 heavy (non-hydrogen) atoms. The highest BCUT2D eigenvalue weighted by atomic mass is 32.2. The van der Waals surface area contributed by atoms with Crippen LogP contribution >= 0.6 is 11.8 Å². The smallest absolute Gasteiger partial charge is 0.265 e. The molecular weight excluding hydrogens is 424 g/mol. The fraction of sp³-hybridized carbons (Fsp3) is 0.391. The molecule has 1 amide bonds. The molecule has 3 aromatic heterocycles. The van der Waals surface area contributed by atoms with Gasteiger partial charge in [-0.3, -0.25) is 14.2 Å². The Bertz CT molecular complexity index is 1380. The van der Waals surface area contributed by atoms with Crippen molar-refractivity contribution in [2.24, 2.45) is 0 Å². The van der Waals surface area contributed by atoms with Crippen molar-refractivity contribution < 1.29 is 4.79 Å². The third-order valence-electron chi connectivity index (χ3n) is 5.82. The zero-order valence-corrected chi connectivity index (χ0v) is 19.2. The molecule has 0 aliphatic carbocycles. The molecule has 2 N–H and O–H groups in total. The SMILES string of the molecule is CC(C)(C)n1ncc2c(=O)n3c(nc21)SCC3CC(=O)NCCc1c[nH]c2ccccc12. The summed E-state index contributed by atoms with van der Waals surface area (Å²) in [7, 11) is 0. The van der Waals surface area contributed by atoms with Gasteiger partial charge in [-0.15, -0.1) is 0 Å². The van der Waals surface area contributed by atoms with Gasteiger partial charge in [0.25, 0.3) is 5.56 Å². The van der Waals surface area contributed by atoms with Crippen LogP contribution in [0.5, 0.6) is 0 Å². The van der Waals surface area contributed by atoms with Gasteiger partial charge in [-0.1, -0.05) is 30.0 Å². The van der Waals surface area contributed by atoms with Crippen molar-refractivity contribution in [2.45, 2.75) is 50.4 Å². The van der Waals surface area contributed by atoms with Crippen molar-refractivity contribution in [3.05, 3.63) is 52.6 Å². The van der Waals surface area contributed by atoms with Crippen molar-refractivity contribution in [2.75, 3.05) is 12.3 Å². The van der Waals surface area contributed by atoms with E-state index >= 15 is 0 Å². The Kier molecular flexibility index (Phi) is 5.08. The van der Waals surface area contributed by atoms with E-state index in [4.69, 9.17) is 4.98 Å². The molecule has 0 saturated heterocycles. The van der Waals surface area contributed by atoms with Gasteiger partial charge < -0.3 is 10.3 Å². The van der Waals surface area contributed by atoms with E-state index < -0.39 is 0 Å². The number of H-pyrrole nitrogens is 1. The highest BCUT2D eigenvalue weighted by molar-refractivity contribution is 7.99. The van der Waals surface area contributed by atoms with Crippen LogP contribution in [-0.2, 0) is 16.8 Å². The second-order valence-electron chi connectivity index (χ2n) is 9.16. The number of hydrogen-bond acceptors (Lipinski definition) is 5. The lowest BCUT2D eigenvalue weighted by Crippen LogP contribution is -2.32. The minimum absolute atomic E-state index is 0.0549. The van der Waals surface area contributed by atoms with Crippen molar-refractivity contribution in [1.29, 1.82) is 0 Å². The van der Waals surface area contributed by atoms with Gasteiger partial charge in [0.2, 0.25) is 5.91 Å². The average molecular weight is 451 g/mol. The van der Waals surface area contributed by atoms with E-state index in [9.17, 15) is 9.59 Å². The first-order chi connectivity index (χ1) is 15.3. The van der Waals surface area contributed by atoms with E-state index in [0.29, 0.717) is 28.5 Å². The Labute approximate surface area is 189 Å². The molecule has 1 aromatic carbocycles. The molecule has 0 bridgehead atoms. The van der Waals surface area contributed by atoms with Crippen LogP contribution in [0.4, 0.5) is 0 Å². The summed E-state index contributed by atoms with van der Waals surface area (Å²) in [5.74, 6) is 0.605. The number of aromatic nitrogens is 5. The molecule has 0 radical (unpaired) electrons. The summed E-state index contributed by atoms with van der Waals surface area (Å²) in [6.07, 6.45) is 4.59. The highest BCUT2D eigenvalue weighted by Gasteiger charge is 2.30. The summed E-state index contributed by atoms with van der Waals surface area (Å²) in [4.78, 5) is 33.8. The topological polar surface area (TPSA) is 97.6 Å². The van der Waals surface area contributed by atoms with E-state index in [1.807, 2.05) is 45.2 Å².